The van der Waals surface area contributed by atoms with Gasteiger partial charge in [-0.2, -0.15) is 0 Å². The molecule has 0 spiro atoms. The van der Waals surface area contributed by atoms with Crippen molar-refractivity contribution < 1.29 is 29.3 Å². The molecule has 2 aromatic carbocycles. The molecule has 4 N–H and O–H groups in total. The summed E-state index contributed by atoms with van der Waals surface area (Å²) in [6.45, 7) is 1.37. The van der Waals surface area contributed by atoms with E-state index >= 15 is 0 Å². The van der Waals surface area contributed by atoms with E-state index in [1.165, 1.54) is 6.92 Å². The molecule has 2 aromatic rings. The van der Waals surface area contributed by atoms with Crippen molar-refractivity contribution in [2.45, 2.75) is 56.1 Å². The van der Waals surface area contributed by atoms with Gasteiger partial charge < -0.3 is 25.6 Å². The molecule has 34 heavy (non-hydrogen) atoms. The van der Waals surface area contributed by atoms with Gasteiger partial charge in [0.05, 0.1) is 17.6 Å². The number of alkyl carbamates (subject to hydrolysis) is 1. The smallest absolute Gasteiger partial charge is 0.407 e. The van der Waals surface area contributed by atoms with Crippen LogP contribution in [-0.4, -0.2) is 52.5 Å². The molecule has 2 aliphatic carbocycles. The average molecular weight is 467 g/mol. The molecule has 0 bridgehead atoms. The fourth-order valence-corrected chi connectivity index (χ4v) is 4.85. The zero-order chi connectivity index (χ0) is 24.3. The first-order chi connectivity index (χ1) is 16.2. The quantitative estimate of drug-likeness (QED) is 0.450. The lowest BCUT2D eigenvalue weighted by Crippen LogP contribution is -2.56. The van der Waals surface area contributed by atoms with Crippen molar-refractivity contribution >= 4 is 18.0 Å². The van der Waals surface area contributed by atoms with Crippen LogP contribution in [0.4, 0.5) is 4.79 Å². The van der Waals surface area contributed by atoms with E-state index in [2.05, 4.69) is 34.9 Å². The Bertz CT molecular complexity index is 1050. The Kier molecular flexibility index (Phi) is 6.61. The van der Waals surface area contributed by atoms with Gasteiger partial charge in [-0.1, -0.05) is 48.5 Å². The molecule has 0 aliphatic heterocycles. The van der Waals surface area contributed by atoms with Gasteiger partial charge in [-0.15, -0.1) is 0 Å². The van der Waals surface area contributed by atoms with Crippen molar-refractivity contribution in [2.24, 2.45) is 0 Å². The highest BCUT2D eigenvalue weighted by Crippen LogP contribution is 2.44. The van der Waals surface area contributed by atoms with E-state index in [4.69, 9.17) is 9.84 Å². The van der Waals surface area contributed by atoms with E-state index in [9.17, 15) is 19.5 Å². The van der Waals surface area contributed by atoms with Gasteiger partial charge in [-0.05, 0) is 48.4 Å². The summed E-state index contributed by atoms with van der Waals surface area (Å²) in [6, 6.07) is 16.2. The van der Waals surface area contributed by atoms with E-state index in [0.29, 0.717) is 12.8 Å². The highest BCUT2D eigenvalue weighted by molar-refractivity contribution is 5.80. The zero-order valence-electron chi connectivity index (χ0n) is 19.2. The summed E-state index contributed by atoms with van der Waals surface area (Å²) in [4.78, 5) is 36.0. The number of aliphatic hydroxyl groups is 1. The monoisotopic (exact) mass is 466 g/mol. The number of fused-ring (bicyclic) bond motifs is 3. The van der Waals surface area contributed by atoms with E-state index in [1.807, 2.05) is 24.3 Å². The maximum absolute atomic E-state index is 12.7. The predicted molar refractivity (Wildman–Crippen MR) is 125 cm³/mol. The third-order valence-electron chi connectivity index (χ3n) is 6.72. The lowest BCUT2D eigenvalue weighted by atomic mass is 9.74. The molecular weight excluding hydrogens is 436 g/mol. The minimum absolute atomic E-state index is 0.0420. The average Bonchev–Trinajstić information content (AvgIpc) is 3.08. The highest BCUT2D eigenvalue weighted by Gasteiger charge is 2.41. The zero-order valence-corrected chi connectivity index (χ0v) is 19.2. The van der Waals surface area contributed by atoms with E-state index in [0.717, 1.165) is 28.7 Å². The first kappa shape index (κ1) is 23.8. The molecule has 180 valence electrons. The molecule has 8 heteroatoms. The number of nitrogens with one attached hydrogen (secondary N) is 2. The van der Waals surface area contributed by atoms with Crippen molar-refractivity contribution in [1.29, 1.82) is 0 Å². The summed E-state index contributed by atoms with van der Waals surface area (Å²) in [5, 5.41) is 24.4. The Hall–Kier alpha value is -3.39. The van der Waals surface area contributed by atoms with Gasteiger partial charge in [0, 0.05) is 18.9 Å². The van der Waals surface area contributed by atoms with Gasteiger partial charge in [0.1, 0.15) is 6.61 Å². The van der Waals surface area contributed by atoms with Crippen LogP contribution in [0.5, 0.6) is 0 Å². The largest absolute Gasteiger partial charge is 0.481 e. The van der Waals surface area contributed by atoms with Crippen LogP contribution in [-0.2, 0) is 14.3 Å². The standard InChI is InChI=1S/C26H30N2O6/c1-25(33,14-23(30)31)16-27-22(29)13-26(11-6-12-26)28-24(32)34-15-21-19-9-4-2-7-17(19)18-8-3-5-10-20(18)21/h2-5,7-10,21,33H,6,11-16H2,1H3,(H,27,29)(H,28,32)(H,30,31). The van der Waals surface area contributed by atoms with Gasteiger partial charge in [0.2, 0.25) is 5.91 Å². The second-order valence-electron chi connectivity index (χ2n) is 9.61. The number of hydrogen-bond donors (Lipinski definition) is 4. The SMILES string of the molecule is CC(O)(CNC(=O)CC1(NC(=O)OCC2c3ccccc3-c3ccccc32)CCC1)CC(=O)O. The number of hydrogen-bond acceptors (Lipinski definition) is 5. The molecule has 1 unspecified atom stereocenters. The summed E-state index contributed by atoms with van der Waals surface area (Å²) in [5.41, 5.74) is 2.32. The molecule has 0 aromatic heterocycles. The number of ether oxygens (including phenoxy) is 1. The number of aliphatic carboxylic acids is 1. The van der Waals surface area contributed by atoms with Crippen molar-refractivity contribution in [3.8, 4) is 11.1 Å². The normalized spacial score (nSPS) is 17.5. The van der Waals surface area contributed by atoms with Crippen molar-refractivity contribution in [1.82, 2.24) is 10.6 Å². The fourth-order valence-electron chi connectivity index (χ4n) is 4.85. The summed E-state index contributed by atoms with van der Waals surface area (Å²) in [5.74, 6) is -1.55. The topological polar surface area (TPSA) is 125 Å². The first-order valence-corrected chi connectivity index (χ1v) is 11.5. The number of benzene rings is 2. The van der Waals surface area contributed by atoms with Gasteiger partial charge in [0.15, 0.2) is 0 Å². The minimum Gasteiger partial charge on any atom is -0.481 e. The van der Waals surface area contributed by atoms with Gasteiger partial charge >= 0.3 is 12.1 Å². The van der Waals surface area contributed by atoms with Crippen molar-refractivity contribution in [3.05, 3.63) is 59.7 Å². The summed E-state index contributed by atoms with van der Waals surface area (Å²) >= 11 is 0. The molecule has 1 fully saturated rings. The molecule has 2 aliphatic rings. The second-order valence-corrected chi connectivity index (χ2v) is 9.61. The molecule has 0 heterocycles. The molecule has 0 radical (unpaired) electrons. The lowest BCUT2D eigenvalue weighted by Gasteiger charge is -2.41. The predicted octanol–water partition coefficient (Wildman–Crippen LogP) is 3.18. The van der Waals surface area contributed by atoms with E-state index in [1.54, 1.807) is 0 Å². The Balaban J connectivity index is 1.33. The van der Waals surface area contributed by atoms with Crippen LogP contribution in [0.25, 0.3) is 11.1 Å². The Morgan fingerprint density at radius 1 is 1.06 bits per heavy atom. The van der Waals surface area contributed by atoms with Gasteiger partial charge in [-0.25, -0.2) is 4.79 Å². The summed E-state index contributed by atoms with van der Waals surface area (Å²) in [6.07, 6.45) is 1.18. The second kappa shape index (κ2) is 9.46. The Labute approximate surface area is 198 Å². The van der Waals surface area contributed by atoms with Crippen LogP contribution in [0.15, 0.2) is 48.5 Å². The molecule has 1 atom stereocenters. The van der Waals surface area contributed by atoms with Crippen molar-refractivity contribution in [3.63, 3.8) is 0 Å². The maximum Gasteiger partial charge on any atom is 0.407 e. The third kappa shape index (κ3) is 5.22. The minimum atomic E-state index is -1.55. The number of carbonyl (C=O) groups excluding carboxylic acids is 2. The molecular formula is C26H30N2O6. The lowest BCUT2D eigenvalue weighted by molar-refractivity contribution is -0.142. The molecule has 1 saturated carbocycles. The fraction of sp³-hybridized carbons (Fsp3) is 0.423. The molecule has 4 rings (SSSR count). The number of rotatable bonds is 9. The number of carboxylic acid groups (broad SMARTS) is 1. The maximum atomic E-state index is 12.7. The van der Waals surface area contributed by atoms with Crippen LogP contribution < -0.4 is 10.6 Å². The summed E-state index contributed by atoms with van der Waals surface area (Å²) < 4.78 is 5.62. The van der Waals surface area contributed by atoms with Crippen LogP contribution >= 0.6 is 0 Å². The third-order valence-corrected chi connectivity index (χ3v) is 6.72. The van der Waals surface area contributed by atoms with Crippen molar-refractivity contribution in [2.75, 3.05) is 13.2 Å². The highest BCUT2D eigenvalue weighted by atomic mass is 16.5. The molecule has 0 saturated heterocycles. The van der Waals surface area contributed by atoms with Crippen LogP contribution in [0.2, 0.25) is 0 Å². The Morgan fingerprint density at radius 3 is 2.18 bits per heavy atom. The van der Waals surface area contributed by atoms with Crippen LogP contribution in [0.3, 0.4) is 0 Å². The van der Waals surface area contributed by atoms with Gasteiger partial charge in [0.25, 0.3) is 0 Å². The van der Waals surface area contributed by atoms with Crippen LogP contribution in [0.1, 0.15) is 56.1 Å². The molecule has 8 nitrogen and oxygen atoms in total. The molecule has 2 amide bonds. The Morgan fingerprint density at radius 2 is 1.65 bits per heavy atom. The van der Waals surface area contributed by atoms with E-state index in [-0.39, 0.29) is 31.4 Å². The number of amides is 2. The first-order valence-electron chi connectivity index (χ1n) is 11.5. The van der Waals surface area contributed by atoms with Crippen LogP contribution in [0, 0.1) is 0 Å². The van der Waals surface area contributed by atoms with Gasteiger partial charge in [-0.3, -0.25) is 9.59 Å². The van der Waals surface area contributed by atoms with E-state index < -0.39 is 29.6 Å². The number of carboxylic acids is 1. The summed E-state index contributed by atoms with van der Waals surface area (Å²) in [7, 11) is 0. The number of carbonyl (C=O) groups is 3.